The summed E-state index contributed by atoms with van der Waals surface area (Å²) in [6.45, 7) is 1.39. The highest BCUT2D eigenvalue weighted by atomic mass is 35.5. The van der Waals surface area contributed by atoms with Gasteiger partial charge < -0.3 is 9.52 Å². The molecule has 0 aliphatic carbocycles. The SMILES string of the molecule is CC(Cl)(Cc1oc2ccccc2c1C(=O)c1ccccc1)C(=O)O. The Morgan fingerprint density at radius 3 is 2.38 bits per heavy atom. The molecule has 24 heavy (non-hydrogen) atoms. The zero-order chi connectivity index (χ0) is 17.3. The first-order chi connectivity index (χ1) is 11.4. The van der Waals surface area contributed by atoms with Gasteiger partial charge in [0.2, 0.25) is 0 Å². The molecule has 0 aliphatic rings. The molecule has 4 nitrogen and oxygen atoms in total. The molecule has 1 aromatic heterocycles. The van der Waals surface area contributed by atoms with E-state index in [0.717, 1.165) is 0 Å². The van der Waals surface area contributed by atoms with E-state index in [4.69, 9.17) is 16.0 Å². The second kappa shape index (κ2) is 6.13. The molecule has 0 bridgehead atoms. The van der Waals surface area contributed by atoms with Gasteiger partial charge in [-0.1, -0.05) is 48.5 Å². The van der Waals surface area contributed by atoms with E-state index < -0.39 is 10.8 Å². The van der Waals surface area contributed by atoms with Crippen LogP contribution in [-0.4, -0.2) is 21.7 Å². The van der Waals surface area contributed by atoms with Crippen molar-refractivity contribution in [3.63, 3.8) is 0 Å². The summed E-state index contributed by atoms with van der Waals surface area (Å²) < 4.78 is 5.76. The van der Waals surface area contributed by atoms with Crippen molar-refractivity contribution < 1.29 is 19.1 Å². The summed E-state index contributed by atoms with van der Waals surface area (Å²) in [6.07, 6.45) is -0.0908. The molecule has 1 N–H and O–H groups in total. The topological polar surface area (TPSA) is 67.5 Å². The summed E-state index contributed by atoms with van der Waals surface area (Å²) in [4.78, 5) is 22.7. The van der Waals surface area contributed by atoms with E-state index in [1.165, 1.54) is 6.92 Å². The molecular weight excluding hydrogens is 328 g/mol. The lowest BCUT2D eigenvalue weighted by Gasteiger charge is -2.15. The van der Waals surface area contributed by atoms with Crippen molar-refractivity contribution in [2.24, 2.45) is 0 Å². The maximum atomic E-state index is 12.9. The molecular formula is C19H15ClO4. The van der Waals surface area contributed by atoms with Crippen LogP contribution in [0.2, 0.25) is 0 Å². The van der Waals surface area contributed by atoms with Gasteiger partial charge in [0, 0.05) is 17.4 Å². The minimum absolute atomic E-state index is 0.0908. The average molecular weight is 343 g/mol. The van der Waals surface area contributed by atoms with Gasteiger partial charge in [0.1, 0.15) is 16.2 Å². The average Bonchev–Trinajstić information content (AvgIpc) is 2.92. The number of carboxylic acid groups (broad SMARTS) is 1. The third-order valence-electron chi connectivity index (χ3n) is 3.87. The summed E-state index contributed by atoms with van der Waals surface area (Å²) in [7, 11) is 0. The fourth-order valence-corrected chi connectivity index (χ4v) is 2.70. The van der Waals surface area contributed by atoms with Crippen LogP contribution in [-0.2, 0) is 11.2 Å². The highest BCUT2D eigenvalue weighted by molar-refractivity contribution is 6.33. The molecule has 0 saturated carbocycles. The number of para-hydroxylation sites is 1. The smallest absolute Gasteiger partial charge is 0.324 e. The third kappa shape index (κ3) is 2.93. The molecule has 5 heteroatoms. The second-order valence-electron chi connectivity index (χ2n) is 5.77. The van der Waals surface area contributed by atoms with E-state index in [1.54, 1.807) is 48.5 Å². The highest BCUT2D eigenvalue weighted by Crippen LogP contribution is 2.32. The fourth-order valence-electron chi connectivity index (χ4n) is 2.58. The first-order valence-electron chi connectivity index (χ1n) is 7.42. The summed E-state index contributed by atoms with van der Waals surface area (Å²) in [5.41, 5.74) is 1.41. The molecule has 0 aliphatic heterocycles. The Bertz CT molecular complexity index is 910. The maximum Gasteiger partial charge on any atom is 0.324 e. The van der Waals surface area contributed by atoms with Crippen LogP contribution >= 0.6 is 11.6 Å². The molecule has 0 spiro atoms. The Hall–Kier alpha value is -2.59. The predicted octanol–water partition coefficient (Wildman–Crippen LogP) is 4.29. The number of benzene rings is 2. The van der Waals surface area contributed by atoms with Crippen LogP contribution in [0.4, 0.5) is 0 Å². The number of alkyl halides is 1. The molecule has 0 amide bonds. The monoisotopic (exact) mass is 342 g/mol. The van der Waals surface area contributed by atoms with Crippen LogP contribution in [0, 0.1) is 0 Å². The van der Waals surface area contributed by atoms with E-state index in [-0.39, 0.29) is 18.0 Å². The number of carbonyl (C=O) groups excluding carboxylic acids is 1. The van der Waals surface area contributed by atoms with Crippen molar-refractivity contribution in [2.75, 3.05) is 0 Å². The summed E-state index contributed by atoms with van der Waals surface area (Å²) in [5, 5.41) is 9.92. The minimum atomic E-state index is -1.56. The Balaban J connectivity index is 2.16. The third-order valence-corrected chi connectivity index (χ3v) is 4.17. The zero-order valence-corrected chi connectivity index (χ0v) is 13.7. The Kier molecular flexibility index (Phi) is 4.16. The number of hydrogen-bond acceptors (Lipinski definition) is 3. The zero-order valence-electron chi connectivity index (χ0n) is 13.0. The minimum Gasteiger partial charge on any atom is -0.480 e. The van der Waals surface area contributed by atoms with Gasteiger partial charge in [-0.05, 0) is 13.0 Å². The normalized spacial score (nSPS) is 13.6. The predicted molar refractivity (Wildman–Crippen MR) is 91.7 cm³/mol. The molecule has 3 rings (SSSR count). The van der Waals surface area contributed by atoms with Crippen LogP contribution in [0.15, 0.2) is 59.0 Å². The van der Waals surface area contributed by atoms with Crippen LogP contribution in [0.5, 0.6) is 0 Å². The number of rotatable bonds is 5. The molecule has 1 atom stereocenters. The van der Waals surface area contributed by atoms with Crippen LogP contribution in [0.3, 0.4) is 0 Å². The molecule has 2 aromatic carbocycles. The van der Waals surface area contributed by atoms with Gasteiger partial charge in [0.25, 0.3) is 0 Å². The van der Waals surface area contributed by atoms with Crippen molar-refractivity contribution in [1.29, 1.82) is 0 Å². The molecule has 1 unspecified atom stereocenters. The van der Waals surface area contributed by atoms with Gasteiger partial charge in [-0.2, -0.15) is 0 Å². The summed E-state index contributed by atoms with van der Waals surface area (Å²) >= 11 is 6.09. The Labute approximate surface area is 143 Å². The van der Waals surface area contributed by atoms with Crippen molar-refractivity contribution in [3.8, 4) is 0 Å². The van der Waals surface area contributed by atoms with Crippen LogP contribution < -0.4 is 0 Å². The lowest BCUT2D eigenvalue weighted by molar-refractivity contribution is -0.139. The van der Waals surface area contributed by atoms with Crippen molar-refractivity contribution in [1.82, 2.24) is 0 Å². The first kappa shape index (κ1) is 16.3. The Morgan fingerprint density at radius 2 is 1.71 bits per heavy atom. The van der Waals surface area contributed by atoms with Gasteiger partial charge in [-0.3, -0.25) is 9.59 Å². The van der Waals surface area contributed by atoms with E-state index >= 15 is 0 Å². The molecule has 0 fully saturated rings. The van der Waals surface area contributed by atoms with Gasteiger partial charge in [0.05, 0.1) is 5.56 Å². The van der Waals surface area contributed by atoms with Gasteiger partial charge in [-0.25, -0.2) is 0 Å². The number of aliphatic carboxylic acids is 1. The number of furan rings is 1. The first-order valence-corrected chi connectivity index (χ1v) is 7.80. The number of carboxylic acids is 1. The lowest BCUT2D eigenvalue weighted by atomic mass is 9.96. The number of ketones is 1. The second-order valence-corrected chi connectivity index (χ2v) is 6.61. The van der Waals surface area contributed by atoms with Gasteiger partial charge in [-0.15, -0.1) is 11.6 Å². The lowest BCUT2D eigenvalue weighted by Crippen LogP contribution is -2.31. The molecule has 0 radical (unpaired) electrons. The van der Waals surface area contributed by atoms with Crippen LogP contribution in [0.25, 0.3) is 11.0 Å². The van der Waals surface area contributed by atoms with Crippen LogP contribution in [0.1, 0.15) is 28.6 Å². The highest BCUT2D eigenvalue weighted by Gasteiger charge is 2.35. The van der Waals surface area contributed by atoms with E-state index in [0.29, 0.717) is 22.1 Å². The fraction of sp³-hybridized carbons (Fsp3) is 0.158. The number of carbonyl (C=O) groups is 2. The maximum absolute atomic E-state index is 12.9. The van der Waals surface area contributed by atoms with Gasteiger partial charge >= 0.3 is 5.97 Å². The summed E-state index contributed by atoms with van der Waals surface area (Å²) in [6, 6.07) is 15.9. The van der Waals surface area contributed by atoms with Crippen molar-refractivity contribution in [2.45, 2.75) is 18.2 Å². The molecule has 0 saturated heterocycles. The number of fused-ring (bicyclic) bond motifs is 1. The van der Waals surface area contributed by atoms with E-state index in [1.807, 2.05) is 6.07 Å². The number of hydrogen-bond donors (Lipinski definition) is 1. The summed E-state index contributed by atoms with van der Waals surface area (Å²) in [5.74, 6) is -1.10. The largest absolute Gasteiger partial charge is 0.480 e. The van der Waals surface area contributed by atoms with Crippen molar-refractivity contribution >= 4 is 34.3 Å². The molecule has 3 aromatic rings. The Morgan fingerprint density at radius 1 is 1.08 bits per heavy atom. The van der Waals surface area contributed by atoms with Gasteiger partial charge in [0.15, 0.2) is 5.78 Å². The van der Waals surface area contributed by atoms with Crippen molar-refractivity contribution in [3.05, 3.63) is 71.5 Å². The standard InChI is InChI=1S/C19H15ClO4/c1-19(20,18(22)23)11-15-16(13-9-5-6-10-14(13)24-15)17(21)12-7-3-2-4-8-12/h2-10H,11H2,1H3,(H,22,23). The van der Waals surface area contributed by atoms with E-state index in [9.17, 15) is 14.7 Å². The number of halogens is 1. The molecule has 1 heterocycles. The van der Waals surface area contributed by atoms with E-state index in [2.05, 4.69) is 0 Å². The molecule has 122 valence electrons. The quantitative estimate of drug-likeness (QED) is 0.555.